The van der Waals surface area contributed by atoms with E-state index in [1.54, 1.807) is 0 Å². The van der Waals surface area contributed by atoms with Crippen LogP contribution in [0.4, 0.5) is 0 Å². The molecule has 2 heteroatoms. The molecule has 0 saturated carbocycles. The summed E-state index contributed by atoms with van der Waals surface area (Å²) in [6.07, 6.45) is 0. The fourth-order valence-corrected chi connectivity index (χ4v) is 8.15. The van der Waals surface area contributed by atoms with Crippen molar-refractivity contribution >= 4 is 32.4 Å². The summed E-state index contributed by atoms with van der Waals surface area (Å²) < 4.78 is 0. The molecule has 0 saturated heterocycles. The zero-order chi connectivity index (χ0) is 32.4. The Kier molecular flexibility index (Phi) is 6.13. The van der Waals surface area contributed by atoms with Gasteiger partial charge in [-0.15, -0.1) is 0 Å². The summed E-state index contributed by atoms with van der Waals surface area (Å²) in [6, 6.07) is 65.6. The molecule has 0 spiro atoms. The van der Waals surface area contributed by atoms with Gasteiger partial charge in [0.2, 0.25) is 0 Å². The van der Waals surface area contributed by atoms with E-state index in [4.69, 9.17) is 9.97 Å². The van der Waals surface area contributed by atoms with E-state index in [0.717, 1.165) is 38.9 Å². The largest absolute Gasteiger partial charge is 0.228 e. The SMILES string of the molecule is c1ccc(-c2nc(-c3ccc4c(c3)C(c3ccccc3)(c3ccccc3)c3cc5ccccc5cc3-4)nc3ccc4ccccc4c23)cc1. The standard InChI is InChI=1S/C47H30N2/c1-4-15-32(16-5-1)45-44-38-23-13-12-14-31(38)25-27-43(44)48-46(49-45)35-24-26-39-40-28-33-17-10-11-18-34(33)29-42(40)47(41(39)30-35,36-19-6-2-7-20-36)37-21-8-3-9-22-37/h1-30H. The lowest BCUT2D eigenvalue weighted by Crippen LogP contribution is -2.28. The van der Waals surface area contributed by atoms with Gasteiger partial charge >= 0.3 is 0 Å². The number of hydrogen-bond acceptors (Lipinski definition) is 2. The van der Waals surface area contributed by atoms with Crippen molar-refractivity contribution < 1.29 is 0 Å². The van der Waals surface area contributed by atoms with E-state index in [0.29, 0.717) is 0 Å². The molecule has 49 heavy (non-hydrogen) atoms. The molecule has 228 valence electrons. The fourth-order valence-electron chi connectivity index (χ4n) is 8.15. The lowest BCUT2D eigenvalue weighted by Gasteiger charge is -2.34. The van der Waals surface area contributed by atoms with Crippen LogP contribution in [0.3, 0.4) is 0 Å². The van der Waals surface area contributed by atoms with E-state index < -0.39 is 5.41 Å². The Bertz CT molecular complexity index is 2660. The first-order valence-electron chi connectivity index (χ1n) is 16.8. The molecule has 9 aromatic rings. The third kappa shape index (κ3) is 4.14. The Labute approximate surface area is 285 Å². The van der Waals surface area contributed by atoms with Gasteiger partial charge in [-0.3, -0.25) is 0 Å². The maximum Gasteiger partial charge on any atom is 0.160 e. The van der Waals surface area contributed by atoms with Gasteiger partial charge in [0.15, 0.2) is 5.82 Å². The second-order valence-electron chi connectivity index (χ2n) is 12.9. The summed E-state index contributed by atoms with van der Waals surface area (Å²) in [6.45, 7) is 0. The first kappa shape index (κ1) is 27.7. The third-order valence-electron chi connectivity index (χ3n) is 10.3. The summed E-state index contributed by atoms with van der Waals surface area (Å²) in [7, 11) is 0. The highest BCUT2D eigenvalue weighted by Crippen LogP contribution is 2.57. The van der Waals surface area contributed by atoms with Crippen LogP contribution >= 0.6 is 0 Å². The Morgan fingerprint density at radius 2 is 0.980 bits per heavy atom. The highest BCUT2D eigenvalue weighted by molar-refractivity contribution is 6.12. The first-order chi connectivity index (χ1) is 24.3. The molecule has 0 bridgehead atoms. The number of fused-ring (bicyclic) bond motifs is 7. The highest BCUT2D eigenvalue weighted by Gasteiger charge is 2.46. The van der Waals surface area contributed by atoms with Gasteiger partial charge in [0.05, 0.1) is 16.6 Å². The molecule has 1 heterocycles. The molecule has 10 rings (SSSR count). The predicted molar refractivity (Wildman–Crippen MR) is 203 cm³/mol. The van der Waals surface area contributed by atoms with E-state index in [1.165, 1.54) is 49.5 Å². The highest BCUT2D eigenvalue weighted by atomic mass is 14.9. The monoisotopic (exact) mass is 622 g/mol. The minimum Gasteiger partial charge on any atom is -0.228 e. The van der Waals surface area contributed by atoms with Gasteiger partial charge in [-0.2, -0.15) is 0 Å². The average molecular weight is 623 g/mol. The van der Waals surface area contributed by atoms with Crippen LogP contribution in [0.25, 0.3) is 66.2 Å². The molecule has 8 aromatic carbocycles. The van der Waals surface area contributed by atoms with Crippen molar-refractivity contribution in [1.82, 2.24) is 9.97 Å². The lowest BCUT2D eigenvalue weighted by atomic mass is 9.67. The quantitative estimate of drug-likeness (QED) is 0.183. The Morgan fingerprint density at radius 3 is 1.69 bits per heavy atom. The minimum atomic E-state index is -0.525. The molecular formula is C47H30N2. The maximum atomic E-state index is 5.39. The minimum absolute atomic E-state index is 0.525. The average Bonchev–Trinajstić information content (AvgIpc) is 3.46. The number of aromatic nitrogens is 2. The summed E-state index contributed by atoms with van der Waals surface area (Å²) in [5.41, 5.74) is 11.0. The van der Waals surface area contributed by atoms with Gasteiger partial charge in [-0.05, 0) is 79.2 Å². The number of rotatable bonds is 4. The summed E-state index contributed by atoms with van der Waals surface area (Å²) in [5.74, 6) is 0.723. The van der Waals surface area contributed by atoms with Crippen molar-refractivity contribution in [2.24, 2.45) is 0 Å². The van der Waals surface area contributed by atoms with Crippen molar-refractivity contribution in [3.05, 3.63) is 204 Å². The fraction of sp³-hybridized carbons (Fsp3) is 0.0213. The molecule has 0 N–H and O–H groups in total. The van der Waals surface area contributed by atoms with Crippen molar-refractivity contribution in [1.29, 1.82) is 0 Å². The van der Waals surface area contributed by atoms with Gasteiger partial charge in [-0.25, -0.2) is 9.97 Å². The normalized spacial score (nSPS) is 13.1. The number of nitrogens with zero attached hydrogens (tertiary/aromatic N) is 2. The third-order valence-corrected chi connectivity index (χ3v) is 10.3. The summed E-state index contributed by atoms with van der Waals surface area (Å²) in [4.78, 5) is 10.7. The van der Waals surface area contributed by atoms with Gasteiger partial charge < -0.3 is 0 Å². The maximum absolute atomic E-state index is 5.39. The van der Waals surface area contributed by atoms with E-state index in [-0.39, 0.29) is 0 Å². The number of benzene rings is 8. The molecule has 2 nitrogen and oxygen atoms in total. The van der Waals surface area contributed by atoms with Crippen LogP contribution < -0.4 is 0 Å². The van der Waals surface area contributed by atoms with Gasteiger partial charge in [0.25, 0.3) is 0 Å². The number of hydrogen-bond donors (Lipinski definition) is 0. The van der Waals surface area contributed by atoms with Crippen LogP contribution in [-0.4, -0.2) is 9.97 Å². The van der Waals surface area contributed by atoms with Gasteiger partial charge in [0, 0.05) is 16.5 Å². The van der Waals surface area contributed by atoms with Crippen LogP contribution in [0, 0.1) is 0 Å². The van der Waals surface area contributed by atoms with Gasteiger partial charge in [-0.1, -0.05) is 158 Å². The summed E-state index contributed by atoms with van der Waals surface area (Å²) >= 11 is 0. The van der Waals surface area contributed by atoms with E-state index in [1.807, 2.05) is 0 Å². The van der Waals surface area contributed by atoms with Crippen molar-refractivity contribution in [3.63, 3.8) is 0 Å². The second-order valence-corrected chi connectivity index (χ2v) is 12.9. The molecule has 0 amide bonds. The molecule has 0 fully saturated rings. The predicted octanol–water partition coefficient (Wildman–Crippen LogP) is 11.6. The molecule has 1 aliphatic rings. The zero-order valence-corrected chi connectivity index (χ0v) is 26.7. The molecule has 0 radical (unpaired) electrons. The molecule has 1 aromatic heterocycles. The van der Waals surface area contributed by atoms with Gasteiger partial charge in [0.1, 0.15) is 0 Å². The van der Waals surface area contributed by atoms with Crippen LogP contribution in [-0.2, 0) is 5.41 Å². The van der Waals surface area contributed by atoms with Crippen molar-refractivity contribution in [2.45, 2.75) is 5.41 Å². The summed E-state index contributed by atoms with van der Waals surface area (Å²) in [5, 5.41) is 5.90. The van der Waals surface area contributed by atoms with E-state index >= 15 is 0 Å². The van der Waals surface area contributed by atoms with Crippen LogP contribution in [0.5, 0.6) is 0 Å². The van der Waals surface area contributed by atoms with Crippen LogP contribution in [0.2, 0.25) is 0 Å². The Hall–Kier alpha value is -6.38. The smallest absolute Gasteiger partial charge is 0.160 e. The molecule has 1 aliphatic carbocycles. The topological polar surface area (TPSA) is 25.8 Å². The first-order valence-corrected chi connectivity index (χ1v) is 16.8. The van der Waals surface area contributed by atoms with Crippen LogP contribution in [0.15, 0.2) is 182 Å². The lowest BCUT2D eigenvalue weighted by molar-refractivity contribution is 0.769. The Balaban J connectivity index is 1.29. The molecule has 0 atom stereocenters. The molecular weight excluding hydrogens is 593 g/mol. The van der Waals surface area contributed by atoms with E-state index in [2.05, 4.69) is 182 Å². The second kappa shape index (κ2) is 10.8. The Morgan fingerprint density at radius 1 is 0.388 bits per heavy atom. The van der Waals surface area contributed by atoms with Crippen LogP contribution in [0.1, 0.15) is 22.3 Å². The molecule has 0 unspecified atom stereocenters. The van der Waals surface area contributed by atoms with Crippen molar-refractivity contribution in [3.8, 4) is 33.8 Å². The van der Waals surface area contributed by atoms with E-state index in [9.17, 15) is 0 Å². The molecule has 0 aliphatic heterocycles. The zero-order valence-electron chi connectivity index (χ0n) is 26.7. The van der Waals surface area contributed by atoms with Crippen molar-refractivity contribution in [2.75, 3.05) is 0 Å².